The largest absolute Gasteiger partial charge is 0.432 e. The van der Waals surface area contributed by atoms with Crippen molar-refractivity contribution in [3.63, 3.8) is 0 Å². The Morgan fingerprint density at radius 3 is 2.84 bits per heavy atom. The average Bonchev–Trinajstić information content (AvgIpc) is 2.86. The first kappa shape index (κ1) is 15.9. The molecule has 0 aliphatic heterocycles. The van der Waals surface area contributed by atoms with Crippen LogP contribution in [0.3, 0.4) is 0 Å². The van der Waals surface area contributed by atoms with Crippen molar-refractivity contribution in [2.75, 3.05) is 45.4 Å². The van der Waals surface area contributed by atoms with E-state index in [4.69, 9.17) is 13.9 Å². The van der Waals surface area contributed by atoms with Gasteiger partial charge in [0, 0.05) is 27.3 Å². The summed E-state index contributed by atoms with van der Waals surface area (Å²) >= 11 is 0. The smallest absolute Gasteiger partial charge is 0.297 e. The van der Waals surface area contributed by atoms with Crippen molar-refractivity contribution >= 4 is 6.01 Å². The van der Waals surface area contributed by atoms with Crippen LogP contribution in [0, 0.1) is 0 Å². The fraction of sp³-hybridized carbons (Fsp3) is 0.769. The summed E-state index contributed by atoms with van der Waals surface area (Å²) in [5, 5.41) is 3.22. The van der Waals surface area contributed by atoms with Gasteiger partial charge in [0.1, 0.15) is 6.26 Å². The Morgan fingerprint density at radius 1 is 1.42 bits per heavy atom. The third-order valence-corrected chi connectivity index (χ3v) is 2.82. The monoisotopic (exact) mass is 271 g/mol. The number of ether oxygens (including phenoxy) is 2. The van der Waals surface area contributed by atoms with Crippen LogP contribution in [0.2, 0.25) is 0 Å². The maximum atomic E-state index is 5.55. The molecule has 1 N–H and O–H groups in total. The van der Waals surface area contributed by atoms with Gasteiger partial charge in [-0.25, -0.2) is 0 Å². The van der Waals surface area contributed by atoms with Crippen LogP contribution in [0.1, 0.15) is 19.5 Å². The predicted octanol–water partition coefficient (Wildman–Crippen LogP) is 1.27. The normalized spacial score (nSPS) is 12.6. The van der Waals surface area contributed by atoms with Gasteiger partial charge in [0.25, 0.3) is 6.01 Å². The Balaban J connectivity index is 2.69. The lowest BCUT2D eigenvalue weighted by Crippen LogP contribution is -2.39. The lowest BCUT2D eigenvalue weighted by atomic mass is 10.3. The van der Waals surface area contributed by atoms with Crippen LogP contribution in [0.25, 0.3) is 0 Å². The lowest BCUT2D eigenvalue weighted by molar-refractivity contribution is 0.168. The van der Waals surface area contributed by atoms with Crippen LogP contribution in [0.5, 0.6) is 0 Å². The molecule has 1 atom stereocenters. The van der Waals surface area contributed by atoms with Gasteiger partial charge >= 0.3 is 0 Å². The van der Waals surface area contributed by atoms with Crippen molar-refractivity contribution in [2.45, 2.75) is 26.4 Å². The molecule has 0 amide bonds. The second-order valence-electron chi connectivity index (χ2n) is 4.39. The number of hydrogen-bond acceptors (Lipinski definition) is 6. The molecule has 6 heteroatoms. The lowest BCUT2D eigenvalue weighted by Gasteiger charge is -2.26. The molecule has 110 valence electrons. The number of hydrogen-bond donors (Lipinski definition) is 1. The molecule has 0 aliphatic carbocycles. The predicted molar refractivity (Wildman–Crippen MR) is 74.4 cm³/mol. The fourth-order valence-corrected chi connectivity index (χ4v) is 1.79. The Bertz CT molecular complexity index is 344. The van der Waals surface area contributed by atoms with Crippen molar-refractivity contribution < 1.29 is 13.9 Å². The number of oxazole rings is 1. The topological polar surface area (TPSA) is 59.8 Å². The molecule has 1 heterocycles. The molecule has 1 unspecified atom stereocenters. The van der Waals surface area contributed by atoms with E-state index in [9.17, 15) is 0 Å². The van der Waals surface area contributed by atoms with Crippen molar-refractivity contribution in [3.05, 3.63) is 12.0 Å². The maximum absolute atomic E-state index is 5.55. The van der Waals surface area contributed by atoms with Gasteiger partial charge < -0.3 is 24.1 Å². The molecular formula is C13H25N3O3. The summed E-state index contributed by atoms with van der Waals surface area (Å²) in [5.74, 6) is 0. The van der Waals surface area contributed by atoms with Gasteiger partial charge in [0.05, 0.1) is 24.9 Å². The van der Waals surface area contributed by atoms with Crippen LogP contribution >= 0.6 is 0 Å². The number of aromatic nitrogens is 1. The molecule has 19 heavy (non-hydrogen) atoms. The number of anilines is 1. The minimum Gasteiger partial charge on any atom is -0.432 e. The van der Waals surface area contributed by atoms with Crippen LogP contribution in [-0.4, -0.2) is 51.5 Å². The highest BCUT2D eigenvalue weighted by molar-refractivity contribution is 5.28. The quantitative estimate of drug-likeness (QED) is 0.691. The van der Waals surface area contributed by atoms with Crippen LogP contribution < -0.4 is 10.2 Å². The van der Waals surface area contributed by atoms with E-state index in [1.807, 2.05) is 0 Å². The summed E-state index contributed by atoms with van der Waals surface area (Å²) < 4.78 is 15.9. The minimum absolute atomic E-state index is 0.186. The van der Waals surface area contributed by atoms with E-state index in [1.165, 1.54) is 0 Å². The molecule has 0 aromatic carbocycles. The van der Waals surface area contributed by atoms with Gasteiger partial charge in [0.2, 0.25) is 0 Å². The van der Waals surface area contributed by atoms with Crippen LogP contribution in [0.4, 0.5) is 6.01 Å². The highest BCUT2D eigenvalue weighted by atomic mass is 16.5. The molecule has 0 saturated carbocycles. The molecule has 1 rings (SSSR count). The van der Waals surface area contributed by atoms with E-state index in [0.29, 0.717) is 19.2 Å². The first-order valence-electron chi connectivity index (χ1n) is 6.62. The third-order valence-electron chi connectivity index (χ3n) is 2.82. The molecule has 0 spiro atoms. The summed E-state index contributed by atoms with van der Waals surface area (Å²) in [6.07, 6.45) is 1.69. The third kappa shape index (κ3) is 5.18. The van der Waals surface area contributed by atoms with Crippen molar-refractivity contribution in [1.29, 1.82) is 0 Å². The first-order valence-corrected chi connectivity index (χ1v) is 6.62. The zero-order chi connectivity index (χ0) is 14.1. The van der Waals surface area contributed by atoms with Crippen molar-refractivity contribution in [3.8, 4) is 0 Å². The van der Waals surface area contributed by atoms with E-state index >= 15 is 0 Å². The Morgan fingerprint density at radius 2 is 2.21 bits per heavy atom. The fourth-order valence-electron chi connectivity index (χ4n) is 1.79. The second-order valence-corrected chi connectivity index (χ2v) is 4.39. The van der Waals surface area contributed by atoms with Gasteiger partial charge in [-0.2, -0.15) is 4.98 Å². The molecule has 0 aliphatic rings. The van der Waals surface area contributed by atoms with Gasteiger partial charge in [0.15, 0.2) is 0 Å². The minimum atomic E-state index is 0.186. The van der Waals surface area contributed by atoms with Gasteiger partial charge in [-0.3, -0.25) is 0 Å². The van der Waals surface area contributed by atoms with E-state index < -0.39 is 0 Å². The van der Waals surface area contributed by atoms with Crippen LogP contribution in [0.15, 0.2) is 10.7 Å². The van der Waals surface area contributed by atoms with Gasteiger partial charge in [-0.05, 0) is 13.5 Å². The van der Waals surface area contributed by atoms with Crippen molar-refractivity contribution in [2.24, 2.45) is 0 Å². The number of methoxy groups -OCH3 is 2. The zero-order valence-corrected chi connectivity index (χ0v) is 12.3. The summed E-state index contributed by atoms with van der Waals surface area (Å²) in [4.78, 5) is 6.55. The van der Waals surface area contributed by atoms with Gasteiger partial charge in [-0.15, -0.1) is 0 Å². The molecule has 1 aromatic heterocycles. The maximum Gasteiger partial charge on any atom is 0.297 e. The Labute approximate surface area is 115 Å². The van der Waals surface area contributed by atoms with E-state index in [1.54, 1.807) is 20.5 Å². The Hall–Kier alpha value is -1.11. The summed E-state index contributed by atoms with van der Waals surface area (Å²) in [7, 11) is 3.38. The molecule has 0 saturated heterocycles. The average molecular weight is 271 g/mol. The summed E-state index contributed by atoms with van der Waals surface area (Å²) in [5.41, 5.74) is 0.906. The first-order chi connectivity index (χ1) is 9.22. The second kappa shape index (κ2) is 8.90. The number of rotatable bonds is 10. The molecule has 0 bridgehead atoms. The molecule has 1 aromatic rings. The van der Waals surface area contributed by atoms with E-state index in [0.717, 1.165) is 25.3 Å². The zero-order valence-electron chi connectivity index (χ0n) is 12.3. The molecule has 0 radical (unpaired) electrons. The standard InChI is InChI=1S/C13H25N3O3/c1-5-14-8-12-10-19-13(15-12)16(6-7-17-3)11(2)9-18-4/h10-11,14H,5-9H2,1-4H3. The highest BCUT2D eigenvalue weighted by Crippen LogP contribution is 2.16. The summed E-state index contributed by atoms with van der Waals surface area (Å²) in [6.45, 7) is 7.74. The van der Waals surface area contributed by atoms with Gasteiger partial charge in [-0.1, -0.05) is 6.92 Å². The molecular weight excluding hydrogens is 246 g/mol. The molecule has 0 fully saturated rings. The van der Waals surface area contributed by atoms with E-state index in [-0.39, 0.29) is 6.04 Å². The number of nitrogens with zero attached hydrogens (tertiary/aromatic N) is 2. The Kier molecular flexibility index (Phi) is 7.47. The number of nitrogens with one attached hydrogen (secondary N) is 1. The highest BCUT2D eigenvalue weighted by Gasteiger charge is 2.19. The SMILES string of the molecule is CCNCc1coc(N(CCOC)C(C)COC)n1. The van der Waals surface area contributed by atoms with E-state index in [2.05, 4.69) is 29.0 Å². The molecule has 6 nitrogen and oxygen atoms in total. The van der Waals surface area contributed by atoms with Crippen molar-refractivity contribution in [1.82, 2.24) is 10.3 Å². The summed E-state index contributed by atoms with van der Waals surface area (Å²) in [6, 6.07) is 0.806. The van der Waals surface area contributed by atoms with Crippen LogP contribution in [-0.2, 0) is 16.0 Å².